The third-order valence-electron chi connectivity index (χ3n) is 6.06. The lowest BCUT2D eigenvalue weighted by Crippen LogP contribution is -2.52. The zero-order valence-corrected chi connectivity index (χ0v) is 25.8. The van der Waals surface area contributed by atoms with Crippen molar-refractivity contribution >= 4 is 73.9 Å². The van der Waals surface area contributed by atoms with E-state index in [9.17, 15) is 18.0 Å². The van der Waals surface area contributed by atoms with E-state index < -0.39 is 28.5 Å². The molecule has 0 radical (unpaired) electrons. The molecule has 0 aromatic heterocycles. The van der Waals surface area contributed by atoms with Crippen molar-refractivity contribution in [2.24, 2.45) is 0 Å². The second-order valence-electron chi connectivity index (χ2n) is 8.91. The maximum atomic E-state index is 14.0. The van der Waals surface area contributed by atoms with E-state index in [0.717, 1.165) is 4.31 Å². The summed E-state index contributed by atoms with van der Waals surface area (Å²) >= 11 is 24.8. The van der Waals surface area contributed by atoms with Crippen LogP contribution in [0.4, 0.5) is 5.69 Å². The molecule has 2 amide bonds. The van der Waals surface area contributed by atoms with E-state index in [4.69, 9.17) is 46.4 Å². The quantitative estimate of drug-likeness (QED) is 0.234. The smallest absolute Gasteiger partial charge is 0.264 e. The Morgan fingerprint density at radius 1 is 0.875 bits per heavy atom. The fourth-order valence-corrected chi connectivity index (χ4v) is 6.37. The van der Waals surface area contributed by atoms with Gasteiger partial charge in [0.1, 0.15) is 12.6 Å². The van der Waals surface area contributed by atoms with Crippen molar-refractivity contribution < 1.29 is 18.0 Å². The maximum absolute atomic E-state index is 14.0. The van der Waals surface area contributed by atoms with Crippen LogP contribution in [0.25, 0.3) is 0 Å². The summed E-state index contributed by atoms with van der Waals surface area (Å²) in [4.78, 5) is 28.5. The number of amides is 2. The van der Waals surface area contributed by atoms with Crippen LogP contribution in [0.3, 0.4) is 0 Å². The van der Waals surface area contributed by atoms with Crippen molar-refractivity contribution in [2.45, 2.75) is 44.2 Å². The molecular weight excluding hydrogens is 616 g/mol. The zero-order valence-electron chi connectivity index (χ0n) is 21.9. The standard InChI is InChI=1S/C28H29Cl4N3O4S/c1-3-14-33-28(37)25(4-2)34(17-19-10-12-22(30)23(31)15-19)27(36)18-35(26-13-11-20(29)16-24(26)32)40(38,39)21-8-6-5-7-9-21/h5-13,15-16,25H,3-4,14,17-18H2,1-2H3,(H,33,37). The van der Waals surface area contributed by atoms with Crippen LogP contribution < -0.4 is 9.62 Å². The van der Waals surface area contributed by atoms with E-state index in [0.29, 0.717) is 28.6 Å². The van der Waals surface area contributed by atoms with E-state index in [1.165, 1.54) is 35.2 Å². The van der Waals surface area contributed by atoms with Gasteiger partial charge in [0.25, 0.3) is 10.0 Å². The minimum absolute atomic E-state index is 0.0126. The molecule has 0 aliphatic rings. The number of rotatable bonds is 12. The van der Waals surface area contributed by atoms with Crippen LogP contribution >= 0.6 is 46.4 Å². The number of benzene rings is 3. The molecule has 3 rings (SSSR count). The number of nitrogens with zero attached hydrogens (tertiary/aromatic N) is 2. The summed E-state index contributed by atoms with van der Waals surface area (Å²) < 4.78 is 28.6. The first kappa shape index (κ1) is 32.0. The summed E-state index contributed by atoms with van der Waals surface area (Å²) in [5.74, 6) is -0.963. The van der Waals surface area contributed by atoms with Gasteiger partial charge in [0.2, 0.25) is 11.8 Å². The van der Waals surface area contributed by atoms with Crippen LogP contribution in [0, 0.1) is 0 Å². The molecule has 3 aromatic rings. The molecule has 40 heavy (non-hydrogen) atoms. The Kier molecular flexibility index (Phi) is 11.5. The van der Waals surface area contributed by atoms with Gasteiger partial charge < -0.3 is 10.2 Å². The molecular formula is C28H29Cl4N3O4S. The molecule has 0 fully saturated rings. The van der Waals surface area contributed by atoms with E-state index in [1.807, 2.05) is 6.92 Å². The lowest BCUT2D eigenvalue weighted by molar-refractivity contribution is -0.140. The molecule has 3 aromatic carbocycles. The fourth-order valence-electron chi connectivity index (χ4n) is 4.04. The second-order valence-corrected chi connectivity index (χ2v) is 12.4. The van der Waals surface area contributed by atoms with Gasteiger partial charge in [-0.3, -0.25) is 13.9 Å². The molecule has 0 saturated carbocycles. The van der Waals surface area contributed by atoms with Gasteiger partial charge in [0.05, 0.1) is 25.7 Å². The van der Waals surface area contributed by atoms with Gasteiger partial charge in [-0.1, -0.05) is 84.5 Å². The summed E-state index contributed by atoms with van der Waals surface area (Å²) in [6, 6.07) is 16.0. The van der Waals surface area contributed by atoms with Crippen molar-refractivity contribution in [3.05, 3.63) is 92.4 Å². The van der Waals surface area contributed by atoms with E-state index >= 15 is 0 Å². The van der Waals surface area contributed by atoms with Crippen molar-refractivity contribution in [1.29, 1.82) is 0 Å². The highest BCUT2D eigenvalue weighted by Gasteiger charge is 2.34. The molecule has 1 atom stereocenters. The number of hydrogen-bond donors (Lipinski definition) is 1. The number of nitrogens with one attached hydrogen (secondary N) is 1. The Balaban J connectivity index is 2.09. The molecule has 12 heteroatoms. The van der Waals surface area contributed by atoms with Crippen molar-refractivity contribution in [3.8, 4) is 0 Å². The molecule has 0 bridgehead atoms. The highest BCUT2D eigenvalue weighted by Crippen LogP contribution is 2.33. The van der Waals surface area contributed by atoms with Crippen LogP contribution in [-0.2, 0) is 26.2 Å². The van der Waals surface area contributed by atoms with Crippen LogP contribution in [0.15, 0.2) is 71.6 Å². The Labute approximate surface area is 255 Å². The van der Waals surface area contributed by atoms with Crippen molar-refractivity contribution in [2.75, 3.05) is 17.4 Å². The third-order valence-corrected chi connectivity index (χ3v) is 9.11. The lowest BCUT2D eigenvalue weighted by Gasteiger charge is -2.33. The number of sulfonamides is 1. The molecule has 0 heterocycles. The van der Waals surface area contributed by atoms with Crippen LogP contribution in [0.2, 0.25) is 20.1 Å². The summed E-state index contributed by atoms with van der Waals surface area (Å²) in [5.41, 5.74) is 0.688. The number of carbonyl (C=O) groups is 2. The number of anilines is 1. The molecule has 214 valence electrons. The molecule has 1 unspecified atom stereocenters. The SMILES string of the molecule is CCCNC(=O)C(CC)N(Cc1ccc(Cl)c(Cl)c1)C(=O)CN(c1ccc(Cl)cc1Cl)S(=O)(=O)c1ccccc1. The van der Waals surface area contributed by atoms with Gasteiger partial charge in [0.15, 0.2) is 0 Å². The first-order chi connectivity index (χ1) is 19.0. The summed E-state index contributed by atoms with van der Waals surface area (Å²) in [6.07, 6.45) is 0.997. The topological polar surface area (TPSA) is 86.8 Å². The molecule has 0 aliphatic carbocycles. The van der Waals surface area contributed by atoms with Gasteiger partial charge in [-0.25, -0.2) is 8.42 Å². The fraction of sp³-hybridized carbons (Fsp3) is 0.286. The first-order valence-electron chi connectivity index (χ1n) is 12.5. The molecule has 0 spiro atoms. The predicted molar refractivity (Wildman–Crippen MR) is 162 cm³/mol. The predicted octanol–water partition coefficient (Wildman–Crippen LogP) is 6.83. The maximum Gasteiger partial charge on any atom is 0.264 e. The van der Waals surface area contributed by atoms with E-state index in [1.54, 1.807) is 43.3 Å². The van der Waals surface area contributed by atoms with Gasteiger partial charge in [-0.2, -0.15) is 0 Å². The Morgan fingerprint density at radius 2 is 1.57 bits per heavy atom. The van der Waals surface area contributed by atoms with Crippen LogP contribution in [0.1, 0.15) is 32.3 Å². The number of hydrogen-bond acceptors (Lipinski definition) is 4. The Hall–Kier alpha value is -2.49. The Bertz CT molecular complexity index is 1460. The highest BCUT2D eigenvalue weighted by molar-refractivity contribution is 7.92. The van der Waals surface area contributed by atoms with Crippen LogP contribution in [0.5, 0.6) is 0 Å². The zero-order chi connectivity index (χ0) is 29.4. The average molecular weight is 645 g/mol. The largest absolute Gasteiger partial charge is 0.354 e. The summed E-state index contributed by atoms with van der Waals surface area (Å²) in [7, 11) is -4.25. The van der Waals surface area contributed by atoms with E-state index in [-0.39, 0.29) is 39.5 Å². The molecule has 0 saturated heterocycles. The number of halogens is 4. The highest BCUT2D eigenvalue weighted by atomic mass is 35.5. The number of carbonyl (C=O) groups excluding carboxylic acids is 2. The lowest BCUT2D eigenvalue weighted by atomic mass is 10.1. The minimum Gasteiger partial charge on any atom is -0.354 e. The minimum atomic E-state index is -4.25. The first-order valence-corrected chi connectivity index (χ1v) is 15.5. The van der Waals surface area contributed by atoms with Gasteiger partial charge in [-0.15, -0.1) is 0 Å². The van der Waals surface area contributed by atoms with Gasteiger partial charge in [0, 0.05) is 18.1 Å². The average Bonchev–Trinajstić information content (AvgIpc) is 2.93. The Morgan fingerprint density at radius 3 is 2.17 bits per heavy atom. The van der Waals surface area contributed by atoms with Crippen LogP contribution in [-0.4, -0.2) is 44.3 Å². The van der Waals surface area contributed by atoms with E-state index in [2.05, 4.69) is 5.32 Å². The molecule has 0 aliphatic heterocycles. The third kappa shape index (κ3) is 7.83. The summed E-state index contributed by atoms with van der Waals surface area (Å²) in [6.45, 7) is 3.49. The van der Waals surface area contributed by atoms with Gasteiger partial charge in [-0.05, 0) is 60.9 Å². The molecule has 1 N–H and O–H groups in total. The monoisotopic (exact) mass is 643 g/mol. The normalized spacial score (nSPS) is 12.1. The molecule has 7 nitrogen and oxygen atoms in total. The van der Waals surface area contributed by atoms with Crippen molar-refractivity contribution in [3.63, 3.8) is 0 Å². The van der Waals surface area contributed by atoms with Crippen molar-refractivity contribution in [1.82, 2.24) is 10.2 Å². The second kappa shape index (κ2) is 14.4. The summed E-state index contributed by atoms with van der Waals surface area (Å²) in [5, 5.41) is 3.81. The van der Waals surface area contributed by atoms with Gasteiger partial charge >= 0.3 is 0 Å².